The molecule has 0 unspecified atom stereocenters. The zero-order valence-corrected chi connectivity index (χ0v) is 18.2. The lowest BCUT2D eigenvalue weighted by molar-refractivity contribution is -0.126. The number of hydrogen-bond donors (Lipinski definition) is 2. The zero-order valence-electron chi connectivity index (χ0n) is 21.2. The molecule has 1 aromatic carbocycles. The third-order valence-electron chi connectivity index (χ3n) is 4.96. The highest BCUT2D eigenvalue weighted by atomic mass is 16.7. The Morgan fingerprint density at radius 1 is 1.24 bits per heavy atom. The van der Waals surface area contributed by atoms with Crippen LogP contribution >= 0.6 is 0 Å². The third-order valence-corrected chi connectivity index (χ3v) is 4.96. The molecule has 0 radical (unpaired) electrons. The molecule has 2 N–H and O–H groups in total. The van der Waals surface area contributed by atoms with Crippen molar-refractivity contribution < 1.29 is 23.3 Å². The fraction of sp³-hybridized carbons (Fsp3) is 0.333. The minimum atomic E-state index is -2.75. The highest BCUT2D eigenvalue weighted by Crippen LogP contribution is 2.38. The van der Waals surface area contributed by atoms with E-state index in [1.54, 1.807) is 36.3 Å². The molecular formula is C21H24N8O4. The lowest BCUT2D eigenvalue weighted by Gasteiger charge is -2.20. The number of hydroxylamine groups is 1. The van der Waals surface area contributed by atoms with Crippen LogP contribution in [0.3, 0.4) is 0 Å². The van der Waals surface area contributed by atoms with Gasteiger partial charge < -0.3 is 15.4 Å². The molecular weight excluding hydrogens is 428 g/mol. The summed E-state index contributed by atoms with van der Waals surface area (Å²) in [4.78, 5) is 34.9. The van der Waals surface area contributed by atoms with E-state index in [-0.39, 0.29) is 29.0 Å². The van der Waals surface area contributed by atoms with Crippen LogP contribution in [-0.4, -0.2) is 58.0 Å². The summed E-state index contributed by atoms with van der Waals surface area (Å²) < 4.78 is 29.2. The van der Waals surface area contributed by atoms with E-state index in [9.17, 15) is 9.59 Å². The van der Waals surface area contributed by atoms with Crippen molar-refractivity contribution >= 4 is 29.0 Å². The van der Waals surface area contributed by atoms with Crippen molar-refractivity contribution in [2.75, 3.05) is 31.6 Å². The van der Waals surface area contributed by atoms with E-state index in [0.717, 1.165) is 17.9 Å². The van der Waals surface area contributed by atoms with Gasteiger partial charge in [0.25, 0.3) is 11.8 Å². The molecule has 0 bridgehead atoms. The molecule has 0 spiro atoms. The number of amides is 2. The number of anilines is 3. The van der Waals surface area contributed by atoms with Crippen LogP contribution in [0.4, 0.5) is 17.2 Å². The van der Waals surface area contributed by atoms with Gasteiger partial charge in [-0.2, -0.15) is 10.2 Å². The number of carbonyl (C=O) groups is 2. The second kappa shape index (κ2) is 9.20. The van der Waals surface area contributed by atoms with Gasteiger partial charge in [-0.25, -0.2) is 4.98 Å². The van der Waals surface area contributed by atoms with Crippen LogP contribution in [-0.2, 0) is 16.7 Å². The van der Waals surface area contributed by atoms with Crippen molar-refractivity contribution in [2.45, 2.75) is 12.8 Å². The Hall–Kier alpha value is -4.06. The summed E-state index contributed by atoms with van der Waals surface area (Å²) in [6.07, 6.45) is 3.02. The number of nitrogens with zero attached hydrogens (tertiary/aromatic N) is 6. The first-order valence-electron chi connectivity index (χ1n) is 11.5. The number of para-hydroxylation sites is 1. The highest BCUT2D eigenvalue weighted by molar-refractivity contribution is 6.00. The SMILES string of the molecule is [2H]C([2H])([2H])NC(=O)c1nnc(N(OC)C(=O)C2CC2)cc1Nc1cccc(-c2ncn(C)n2)c1OC. The van der Waals surface area contributed by atoms with Crippen LogP contribution in [0.15, 0.2) is 30.6 Å². The van der Waals surface area contributed by atoms with Crippen molar-refractivity contribution in [2.24, 2.45) is 13.0 Å². The van der Waals surface area contributed by atoms with Crippen molar-refractivity contribution in [3.05, 3.63) is 36.3 Å². The average Bonchev–Trinajstić information content (AvgIpc) is 3.59. The maximum absolute atomic E-state index is 12.7. The second-order valence-electron chi connectivity index (χ2n) is 7.26. The molecule has 12 nitrogen and oxygen atoms in total. The van der Waals surface area contributed by atoms with Crippen molar-refractivity contribution in [3.63, 3.8) is 0 Å². The molecule has 2 aromatic heterocycles. The van der Waals surface area contributed by atoms with Gasteiger partial charge in [0, 0.05) is 30.1 Å². The van der Waals surface area contributed by atoms with Gasteiger partial charge in [0.2, 0.25) is 0 Å². The van der Waals surface area contributed by atoms with Gasteiger partial charge in [0.1, 0.15) is 6.33 Å². The van der Waals surface area contributed by atoms with E-state index in [4.69, 9.17) is 13.7 Å². The summed E-state index contributed by atoms with van der Waals surface area (Å²) in [6.45, 7) is -2.75. The first kappa shape index (κ1) is 18.5. The number of aryl methyl sites for hydroxylation is 1. The van der Waals surface area contributed by atoms with Gasteiger partial charge in [-0.15, -0.1) is 10.2 Å². The summed E-state index contributed by atoms with van der Waals surface area (Å²) in [5.41, 5.74) is 0.730. The maximum atomic E-state index is 12.7. The largest absolute Gasteiger partial charge is 0.494 e. The lowest BCUT2D eigenvalue weighted by atomic mass is 10.1. The molecule has 0 aliphatic heterocycles. The fourth-order valence-electron chi connectivity index (χ4n) is 3.23. The standard InChI is InChI=1S/C21H24N8O4/c1-22-20(30)17-15(10-16(25-26-17)29(33-4)21(31)12-8-9-12)24-14-7-5-6-13(18(14)32-3)19-23-11-28(2)27-19/h5-7,10-12H,8-9H2,1-4H3,(H,22,30)(H,24,25)/i1D3. The number of ether oxygens (including phenoxy) is 1. The molecule has 172 valence electrons. The molecule has 0 atom stereocenters. The van der Waals surface area contributed by atoms with E-state index in [1.807, 2.05) is 5.32 Å². The van der Waals surface area contributed by atoms with Gasteiger partial charge in [0.05, 0.1) is 31.2 Å². The quantitative estimate of drug-likeness (QED) is 0.486. The molecule has 2 amide bonds. The molecule has 3 aromatic rings. The van der Waals surface area contributed by atoms with E-state index in [0.29, 0.717) is 22.8 Å². The van der Waals surface area contributed by atoms with Crippen LogP contribution < -0.4 is 20.4 Å². The Bertz CT molecular complexity index is 1290. The molecule has 33 heavy (non-hydrogen) atoms. The van der Waals surface area contributed by atoms with Crippen LogP contribution in [0.25, 0.3) is 11.4 Å². The smallest absolute Gasteiger partial charge is 0.273 e. The molecule has 2 heterocycles. The molecule has 12 heteroatoms. The predicted octanol–water partition coefficient (Wildman–Crippen LogP) is 1.69. The van der Waals surface area contributed by atoms with Crippen molar-refractivity contribution in [1.29, 1.82) is 0 Å². The normalized spacial score (nSPS) is 14.6. The van der Waals surface area contributed by atoms with Crippen LogP contribution in [0, 0.1) is 5.92 Å². The zero-order chi connectivity index (χ0) is 26.0. The number of rotatable bonds is 8. The monoisotopic (exact) mass is 455 g/mol. The molecule has 1 aliphatic rings. The van der Waals surface area contributed by atoms with Crippen LogP contribution in [0.2, 0.25) is 0 Å². The number of benzene rings is 1. The number of carbonyl (C=O) groups excluding carboxylic acids is 2. The topological polar surface area (TPSA) is 136 Å². The summed E-state index contributed by atoms with van der Waals surface area (Å²) in [5, 5.41) is 18.1. The number of methoxy groups -OCH3 is 1. The summed E-state index contributed by atoms with van der Waals surface area (Å²) >= 11 is 0. The number of nitrogens with one attached hydrogen (secondary N) is 2. The summed E-state index contributed by atoms with van der Waals surface area (Å²) in [7, 11) is 4.51. The molecule has 1 fully saturated rings. The van der Waals surface area contributed by atoms with E-state index < -0.39 is 12.9 Å². The maximum Gasteiger partial charge on any atom is 0.273 e. The van der Waals surface area contributed by atoms with Gasteiger partial charge in [-0.1, -0.05) is 6.07 Å². The molecule has 1 saturated carbocycles. The Labute approximate surface area is 194 Å². The summed E-state index contributed by atoms with van der Waals surface area (Å²) in [5.74, 6) is -0.670. The fourth-order valence-corrected chi connectivity index (χ4v) is 3.23. The Balaban J connectivity index is 1.77. The molecule has 1 aliphatic carbocycles. The van der Waals surface area contributed by atoms with Gasteiger partial charge in [-0.3, -0.25) is 19.1 Å². The lowest BCUT2D eigenvalue weighted by Crippen LogP contribution is -2.32. The summed E-state index contributed by atoms with van der Waals surface area (Å²) in [6, 6.07) is 6.54. The Kier molecular flexibility index (Phi) is 5.16. The Morgan fingerprint density at radius 2 is 2.06 bits per heavy atom. The van der Waals surface area contributed by atoms with E-state index in [2.05, 4.69) is 25.6 Å². The molecule has 0 saturated heterocycles. The third kappa shape index (κ3) is 4.46. The van der Waals surface area contributed by atoms with E-state index in [1.165, 1.54) is 20.3 Å². The first-order valence-corrected chi connectivity index (χ1v) is 9.99. The van der Waals surface area contributed by atoms with Crippen LogP contribution in [0.5, 0.6) is 5.75 Å². The number of aromatic nitrogens is 5. The average molecular weight is 455 g/mol. The minimum Gasteiger partial charge on any atom is -0.494 e. The van der Waals surface area contributed by atoms with Crippen LogP contribution in [0.1, 0.15) is 27.4 Å². The predicted molar refractivity (Wildman–Crippen MR) is 119 cm³/mol. The first-order chi connectivity index (χ1) is 17.1. The minimum absolute atomic E-state index is 0.0175. The van der Waals surface area contributed by atoms with E-state index >= 15 is 0 Å². The van der Waals surface area contributed by atoms with Gasteiger partial charge >= 0.3 is 0 Å². The van der Waals surface area contributed by atoms with Gasteiger partial charge in [0.15, 0.2) is 23.1 Å². The van der Waals surface area contributed by atoms with Crippen molar-refractivity contribution in [3.8, 4) is 17.1 Å². The number of hydrogen-bond acceptors (Lipinski definition) is 9. The Morgan fingerprint density at radius 3 is 2.70 bits per heavy atom. The highest BCUT2D eigenvalue weighted by Gasteiger charge is 2.35. The molecule has 4 rings (SSSR count). The van der Waals surface area contributed by atoms with Gasteiger partial charge in [-0.05, 0) is 25.0 Å². The van der Waals surface area contributed by atoms with Crippen molar-refractivity contribution in [1.82, 2.24) is 30.3 Å². The second-order valence-corrected chi connectivity index (χ2v) is 7.26.